The minimum absolute atomic E-state index is 0.0400. The van der Waals surface area contributed by atoms with Crippen LogP contribution in [0.3, 0.4) is 0 Å². The van der Waals surface area contributed by atoms with Crippen LogP contribution in [-0.4, -0.2) is 46.2 Å². The lowest BCUT2D eigenvalue weighted by Crippen LogP contribution is -2.35. The molecule has 7 nitrogen and oxygen atoms in total. The molecular formula is C20H29FN4O3S. The fraction of sp³-hybridized carbons (Fsp3) is 0.550. The third kappa shape index (κ3) is 6.71. The summed E-state index contributed by atoms with van der Waals surface area (Å²) in [6.07, 6.45) is 1.79. The van der Waals surface area contributed by atoms with Gasteiger partial charge >= 0.3 is 0 Å². The van der Waals surface area contributed by atoms with Crippen molar-refractivity contribution in [1.82, 2.24) is 20.1 Å². The van der Waals surface area contributed by atoms with Gasteiger partial charge in [0.1, 0.15) is 6.61 Å². The van der Waals surface area contributed by atoms with Gasteiger partial charge in [-0.1, -0.05) is 37.7 Å². The molecule has 0 unspecified atom stereocenters. The molecule has 1 atom stereocenters. The minimum Gasteiger partial charge on any atom is -0.483 e. The van der Waals surface area contributed by atoms with Gasteiger partial charge in [0, 0.05) is 13.2 Å². The predicted octanol–water partition coefficient (Wildman–Crippen LogP) is 3.60. The van der Waals surface area contributed by atoms with Crippen LogP contribution in [0.4, 0.5) is 4.39 Å². The average Bonchev–Trinajstić information content (AvgIpc) is 3.13. The van der Waals surface area contributed by atoms with E-state index in [1.54, 1.807) is 25.3 Å². The van der Waals surface area contributed by atoms with E-state index in [0.29, 0.717) is 17.6 Å². The molecule has 1 amide bonds. The Morgan fingerprint density at radius 3 is 2.66 bits per heavy atom. The van der Waals surface area contributed by atoms with Gasteiger partial charge in [-0.2, -0.15) is 0 Å². The van der Waals surface area contributed by atoms with Crippen molar-refractivity contribution in [1.29, 1.82) is 0 Å². The predicted molar refractivity (Wildman–Crippen MR) is 111 cm³/mol. The number of thioether (sulfide) groups is 1. The maximum Gasteiger partial charge on any atom is 0.230 e. The number of hydrogen-bond donors (Lipinski definition) is 1. The van der Waals surface area contributed by atoms with E-state index in [1.165, 1.54) is 17.8 Å². The summed E-state index contributed by atoms with van der Waals surface area (Å²) in [5.74, 6) is 0.460. The maximum absolute atomic E-state index is 13.8. The molecule has 1 aromatic carbocycles. The van der Waals surface area contributed by atoms with Gasteiger partial charge < -0.3 is 14.8 Å². The highest BCUT2D eigenvalue weighted by Crippen LogP contribution is 2.24. The van der Waals surface area contributed by atoms with Crippen molar-refractivity contribution >= 4 is 17.7 Å². The number of para-hydroxylation sites is 1. The maximum atomic E-state index is 13.8. The van der Waals surface area contributed by atoms with Crippen LogP contribution in [0.15, 0.2) is 29.4 Å². The first kappa shape index (κ1) is 23.2. The summed E-state index contributed by atoms with van der Waals surface area (Å²) in [5.41, 5.74) is 0. The van der Waals surface area contributed by atoms with E-state index in [4.69, 9.17) is 9.47 Å². The van der Waals surface area contributed by atoms with Gasteiger partial charge in [-0.05, 0) is 31.9 Å². The van der Waals surface area contributed by atoms with Crippen molar-refractivity contribution in [2.24, 2.45) is 0 Å². The van der Waals surface area contributed by atoms with E-state index in [2.05, 4.69) is 15.5 Å². The van der Waals surface area contributed by atoms with Crippen LogP contribution in [0.5, 0.6) is 5.75 Å². The number of amides is 1. The molecule has 0 aliphatic heterocycles. The number of halogens is 1. The molecule has 2 aromatic rings. The van der Waals surface area contributed by atoms with Gasteiger partial charge in [0.25, 0.3) is 0 Å². The Morgan fingerprint density at radius 1 is 1.28 bits per heavy atom. The Kier molecular flexibility index (Phi) is 9.40. The normalized spacial score (nSPS) is 12.2. The summed E-state index contributed by atoms with van der Waals surface area (Å²) in [6, 6.07) is 6.32. The van der Waals surface area contributed by atoms with Crippen LogP contribution >= 0.6 is 11.8 Å². The number of nitrogens with zero attached hydrogens (tertiary/aromatic N) is 3. The highest BCUT2D eigenvalue weighted by molar-refractivity contribution is 7.99. The molecule has 0 radical (unpaired) electrons. The summed E-state index contributed by atoms with van der Waals surface area (Å²) < 4.78 is 26.5. The molecule has 1 heterocycles. The largest absolute Gasteiger partial charge is 0.483 e. The van der Waals surface area contributed by atoms with Crippen molar-refractivity contribution in [3.63, 3.8) is 0 Å². The van der Waals surface area contributed by atoms with Crippen LogP contribution in [0.2, 0.25) is 0 Å². The van der Waals surface area contributed by atoms with Crippen LogP contribution in [-0.2, 0) is 16.1 Å². The Labute approximate surface area is 175 Å². The molecular weight excluding hydrogens is 395 g/mol. The molecule has 160 valence electrons. The fourth-order valence-corrected chi connectivity index (χ4v) is 3.73. The molecule has 9 heteroatoms. The van der Waals surface area contributed by atoms with Gasteiger partial charge in [0.05, 0.1) is 18.4 Å². The van der Waals surface area contributed by atoms with E-state index < -0.39 is 5.82 Å². The number of hydrogen-bond acceptors (Lipinski definition) is 6. The van der Waals surface area contributed by atoms with Gasteiger partial charge in [-0.25, -0.2) is 4.39 Å². The molecule has 1 aromatic heterocycles. The lowest BCUT2D eigenvalue weighted by Gasteiger charge is -2.18. The fourth-order valence-electron chi connectivity index (χ4n) is 2.86. The second-order valence-corrected chi connectivity index (χ2v) is 7.60. The van der Waals surface area contributed by atoms with Crippen molar-refractivity contribution in [2.75, 3.05) is 19.5 Å². The Morgan fingerprint density at radius 2 is 2.00 bits per heavy atom. The van der Waals surface area contributed by atoms with Crippen LogP contribution in [0.25, 0.3) is 0 Å². The number of carbonyl (C=O) groups excluding carboxylic acids is 1. The molecule has 2 rings (SSSR count). The van der Waals surface area contributed by atoms with Crippen LogP contribution < -0.4 is 10.1 Å². The first-order chi connectivity index (χ1) is 14.0. The van der Waals surface area contributed by atoms with Gasteiger partial charge in [-0.15, -0.1) is 10.2 Å². The van der Waals surface area contributed by atoms with Crippen LogP contribution in [0, 0.1) is 5.82 Å². The molecule has 29 heavy (non-hydrogen) atoms. The monoisotopic (exact) mass is 424 g/mol. The Balaban J connectivity index is 2.09. The molecule has 0 bridgehead atoms. The van der Waals surface area contributed by atoms with Gasteiger partial charge in [0.2, 0.25) is 5.91 Å². The molecule has 0 aliphatic carbocycles. The van der Waals surface area contributed by atoms with E-state index in [9.17, 15) is 9.18 Å². The third-order valence-electron chi connectivity index (χ3n) is 4.46. The third-order valence-corrected chi connectivity index (χ3v) is 5.40. The number of benzene rings is 1. The lowest BCUT2D eigenvalue weighted by atomic mass is 10.2. The zero-order chi connectivity index (χ0) is 21.2. The molecule has 0 spiro atoms. The first-order valence-electron chi connectivity index (χ1n) is 9.72. The van der Waals surface area contributed by atoms with Gasteiger partial charge in [-0.3, -0.25) is 9.36 Å². The second kappa shape index (κ2) is 11.8. The first-order valence-corrected chi connectivity index (χ1v) is 10.7. The highest BCUT2D eigenvalue weighted by atomic mass is 32.2. The number of aromatic nitrogens is 3. The minimum atomic E-state index is -0.434. The van der Waals surface area contributed by atoms with Crippen molar-refractivity contribution in [2.45, 2.75) is 57.5 Å². The molecule has 1 N–H and O–H groups in total. The number of methoxy groups -OCH3 is 1. The van der Waals surface area contributed by atoms with E-state index in [0.717, 1.165) is 12.8 Å². The summed E-state index contributed by atoms with van der Waals surface area (Å²) in [7, 11) is 1.62. The molecule has 0 aliphatic rings. The van der Waals surface area contributed by atoms with Crippen molar-refractivity contribution in [3.05, 3.63) is 35.9 Å². The van der Waals surface area contributed by atoms with Crippen molar-refractivity contribution in [3.8, 4) is 5.75 Å². The molecule has 0 saturated heterocycles. The van der Waals surface area contributed by atoms with E-state index >= 15 is 0 Å². The number of ether oxygens (including phenoxy) is 2. The summed E-state index contributed by atoms with van der Waals surface area (Å²) in [6.45, 7) is 6.56. The summed E-state index contributed by atoms with van der Waals surface area (Å²) >= 11 is 1.31. The average molecular weight is 425 g/mol. The smallest absolute Gasteiger partial charge is 0.230 e. The zero-order valence-corrected chi connectivity index (χ0v) is 18.2. The SMILES string of the molecule is CCC(CC)NC(=O)CSc1nnc(COc2ccccc2F)n1[C@@H](C)COC. The molecule has 0 fully saturated rings. The summed E-state index contributed by atoms with van der Waals surface area (Å²) in [5, 5.41) is 12.0. The zero-order valence-electron chi connectivity index (χ0n) is 17.4. The van der Waals surface area contributed by atoms with E-state index in [1.807, 2.05) is 25.3 Å². The topological polar surface area (TPSA) is 78.3 Å². The Hall–Kier alpha value is -2.13. The second-order valence-electron chi connectivity index (χ2n) is 6.66. The highest BCUT2D eigenvalue weighted by Gasteiger charge is 2.20. The number of rotatable bonds is 12. The number of nitrogens with one attached hydrogen (secondary N) is 1. The summed E-state index contributed by atoms with van der Waals surface area (Å²) in [4.78, 5) is 12.2. The lowest BCUT2D eigenvalue weighted by molar-refractivity contribution is -0.119. The quantitative estimate of drug-likeness (QED) is 0.525. The van der Waals surface area contributed by atoms with Crippen LogP contribution in [0.1, 0.15) is 45.5 Å². The van der Waals surface area contributed by atoms with E-state index in [-0.39, 0.29) is 36.1 Å². The molecule has 0 saturated carbocycles. The van der Waals surface area contributed by atoms with Crippen molar-refractivity contribution < 1.29 is 18.7 Å². The Bertz CT molecular complexity index is 783. The van der Waals surface area contributed by atoms with Gasteiger partial charge in [0.15, 0.2) is 22.5 Å². The number of carbonyl (C=O) groups is 1. The standard InChI is InChI=1S/C20H29FN4O3S/c1-5-15(6-2)22-19(26)13-29-20-24-23-18(25(20)14(3)11-27-4)12-28-17-10-8-7-9-16(17)21/h7-10,14-15H,5-6,11-13H2,1-4H3,(H,22,26)/t14-/m0/s1.